The molecule has 1 heterocycles. The first-order valence-electron chi connectivity index (χ1n) is 8.63. The number of carbonyl (C=O) groups excluding carboxylic acids is 2. The van der Waals surface area contributed by atoms with Gasteiger partial charge in [0.1, 0.15) is 5.60 Å². The molecule has 0 aromatic carbocycles. The van der Waals surface area contributed by atoms with Crippen molar-refractivity contribution in [2.45, 2.75) is 70.1 Å². The van der Waals surface area contributed by atoms with Gasteiger partial charge in [0.2, 0.25) is 0 Å². The van der Waals surface area contributed by atoms with Crippen LogP contribution in [0.25, 0.3) is 0 Å². The SMILES string of the molecule is C#C[C@](CCC=C)(OC(=O)C=C)[C@H]1CCCCN1C(=O)OC(C)(C)C. The molecule has 1 amide bonds. The maximum Gasteiger partial charge on any atom is 0.410 e. The highest BCUT2D eigenvalue weighted by Crippen LogP contribution is 2.34. The van der Waals surface area contributed by atoms with Crippen molar-refractivity contribution in [3.63, 3.8) is 0 Å². The summed E-state index contributed by atoms with van der Waals surface area (Å²) >= 11 is 0. The molecule has 0 aromatic heterocycles. The average molecular weight is 347 g/mol. The van der Waals surface area contributed by atoms with E-state index in [1.54, 1.807) is 11.0 Å². The fourth-order valence-corrected chi connectivity index (χ4v) is 2.98. The first kappa shape index (κ1) is 20.8. The zero-order valence-electron chi connectivity index (χ0n) is 15.5. The summed E-state index contributed by atoms with van der Waals surface area (Å²) in [5, 5.41) is 0. The van der Waals surface area contributed by atoms with E-state index in [0.717, 1.165) is 18.9 Å². The third kappa shape index (κ3) is 5.67. The molecule has 0 aromatic rings. The lowest BCUT2D eigenvalue weighted by Gasteiger charge is -2.44. The van der Waals surface area contributed by atoms with E-state index in [2.05, 4.69) is 19.1 Å². The number of ether oxygens (including phenoxy) is 2. The number of hydrogen-bond donors (Lipinski definition) is 0. The number of hydrogen-bond acceptors (Lipinski definition) is 4. The Morgan fingerprint density at radius 3 is 2.48 bits per heavy atom. The predicted molar refractivity (Wildman–Crippen MR) is 97.9 cm³/mol. The van der Waals surface area contributed by atoms with Crippen LogP contribution in [0.3, 0.4) is 0 Å². The fraction of sp³-hybridized carbons (Fsp3) is 0.600. The summed E-state index contributed by atoms with van der Waals surface area (Å²) in [6.07, 6.45) is 11.5. The summed E-state index contributed by atoms with van der Waals surface area (Å²) in [5.74, 6) is 2.04. The molecule has 1 saturated heterocycles. The highest BCUT2D eigenvalue weighted by Gasteiger charge is 2.47. The Bertz CT molecular complexity index is 555. The van der Waals surface area contributed by atoms with Crippen LogP contribution in [0.5, 0.6) is 0 Å². The third-order valence-electron chi connectivity index (χ3n) is 4.08. The normalized spacial score (nSPS) is 19.9. The van der Waals surface area contributed by atoms with E-state index in [1.807, 2.05) is 20.8 Å². The number of terminal acetylenes is 1. The topological polar surface area (TPSA) is 55.8 Å². The molecular weight excluding hydrogens is 318 g/mol. The third-order valence-corrected chi connectivity index (χ3v) is 4.08. The highest BCUT2D eigenvalue weighted by atomic mass is 16.6. The molecule has 0 saturated carbocycles. The van der Waals surface area contributed by atoms with Crippen LogP contribution in [0.15, 0.2) is 25.3 Å². The zero-order chi connectivity index (χ0) is 19.1. The lowest BCUT2D eigenvalue weighted by atomic mass is 9.83. The molecule has 0 radical (unpaired) electrons. The summed E-state index contributed by atoms with van der Waals surface area (Å²) in [6, 6.07) is -0.440. The van der Waals surface area contributed by atoms with E-state index >= 15 is 0 Å². The average Bonchev–Trinajstić information content (AvgIpc) is 2.57. The van der Waals surface area contributed by atoms with Crippen molar-refractivity contribution in [3.05, 3.63) is 25.3 Å². The molecular formula is C20H29NO4. The van der Waals surface area contributed by atoms with Crippen molar-refractivity contribution < 1.29 is 19.1 Å². The molecule has 1 aliphatic rings. The first-order chi connectivity index (χ1) is 11.7. The van der Waals surface area contributed by atoms with Gasteiger partial charge in [-0.3, -0.25) is 0 Å². The minimum atomic E-state index is -1.23. The van der Waals surface area contributed by atoms with Crippen molar-refractivity contribution >= 4 is 12.1 Å². The van der Waals surface area contributed by atoms with Gasteiger partial charge in [0.15, 0.2) is 5.60 Å². The monoisotopic (exact) mass is 347 g/mol. The Morgan fingerprint density at radius 2 is 1.96 bits per heavy atom. The molecule has 5 nitrogen and oxygen atoms in total. The highest BCUT2D eigenvalue weighted by molar-refractivity contribution is 5.82. The molecule has 0 bridgehead atoms. The molecule has 1 fully saturated rings. The number of allylic oxidation sites excluding steroid dienone is 1. The van der Waals surface area contributed by atoms with Gasteiger partial charge >= 0.3 is 12.1 Å². The number of rotatable bonds is 6. The van der Waals surface area contributed by atoms with Crippen molar-refractivity contribution in [2.24, 2.45) is 0 Å². The second kappa shape index (κ2) is 8.75. The van der Waals surface area contributed by atoms with Crippen LogP contribution in [0.2, 0.25) is 0 Å². The quantitative estimate of drug-likeness (QED) is 0.317. The number of piperidine rings is 1. The number of carbonyl (C=O) groups is 2. The van der Waals surface area contributed by atoms with Gasteiger partial charge in [-0.1, -0.05) is 18.6 Å². The van der Waals surface area contributed by atoms with Crippen LogP contribution in [-0.2, 0) is 14.3 Å². The van der Waals surface area contributed by atoms with E-state index in [1.165, 1.54) is 0 Å². The zero-order valence-corrected chi connectivity index (χ0v) is 15.5. The van der Waals surface area contributed by atoms with Gasteiger partial charge in [-0.25, -0.2) is 9.59 Å². The first-order valence-corrected chi connectivity index (χ1v) is 8.63. The number of nitrogens with zero attached hydrogens (tertiary/aromatic N) is 1. The molecule has 0 N–H and O–H groups in total. The van der Waals surface area contributed by atoms with Gasteiger partial charge in [-0.05, 0) is 46.5 Å². The lowest BCUT2D eigenvalue weighted by Crippen LogP contribution is -2.58. The maximum atomic E-state index is 12.7. The van der Waals surface area contributed by atoms with Crippen molar-refractivity contribution in [1.29, 1.82) is 0 Å². The molecule has 0 aliphatic carbocycles. The predicted octanol–water partition coefficient (Wildman–Crippen LogP) is 3.84. The molecule has 138 valence electrons. The van der Waals surface area contributed by atoms with Crippen molar-refractivity contribution in [3.8, 4) is 12.3 Å². The molecule has 1 aliphatic heterocycles. The van der Waals surface area contributed by atoms with Gasteiger partial charge in [0, 0.05) is 19.0 Å². The van der Waals surface area contributed by atoms with Crippen LogP contribution in [0.4, 0.5) is 4.79 Å². The van der Waals surface area contributed by atoms with Crippen LogP contribution in [0.1, 0.15) is 52.9 Å². The summed E-state index contributed by atoms with van der Waals surface area (Å²) in [6.45, 7) is 13.1. The minimum absolute atomic E-state index is 0.385. The maximum absolute atomic E-state index is 12.7. The number of likely N-dealkylation sites (tertiary alicyclic amines) is 1. The van der Waals surface area contributed by atoms with Crippen LogP contribution in [0, 0.1) is 12.3 Å². The molecule has 2 atom stereocenters. The van der Waals surface area contributed by atoms with Gasteiger partial charge in [-0.15, -0.1) is 13.0 Å². The van der Waals surface area contributed by atoms with Crippen LogP contribution in [-0.4, -0.2) is 40.8 Å². The van der Waals surface area contributed by atoms with Crippen LogP contribution < -0.4 is 0 Å². The largest absolute Gasteiger partial charge is 0.444 e. The molecule has 5 heteroatoms. The van der Waals surface area contributed by atoms with Gasteiger partial charge in [0.05, 0.1) is 6.04 Å². The summed E-state index contributed by atoms with van der Waals surface area (Å²) in [5.41, 5.74) is -1.84. The molecule has 1 rings (SSSR count). The Morgan fingerprint density at radius 1 is 1.28 bits per heavy atom. The second-order valence-corrected chi connectivity index (χ2v) is 7.17. The van der Waals surface area contributed by atoms with Gasteiger partial charge < -0.3 is 14.4 Å². The van der Waals surface area contributed by atoms with Crippen molar-refractivity contribution in [2.75, 3.05) is 6.54 Å². The number of amides is 1. The summed E-state index contributed by atoms with van der Waals surface area (Å²) in [7, 11) is 0. The smallest absolute Gasteiger partial charge is 0.410 e. The Balaban J connectivity index is 3.19. The Hall–Kier alpha value is -2.22. The molecule has 0 unspecified atom stereocenters. The Kier molecular flexibility index (Phi) is 7.29. The summed E-state index contributed by atoms with van der Waals surface area (Å²) in [4.78, 5) is 26.2. The van der Waals surface area contributed by atoms with E-state index in [-0.39, 0.29) is 0 Å². The lowest BCUT2D eigenvalue weighted by molar-refractivity contribution is -0.156. The van der Waals surface area contributed by atoms with E-state index in [0.29, 0.717) is 25.8 Å². The van der Waals surface area contributed by atoms with Crippen LogP contribution >= 0.6 is 0 Å². The van der Waals surface area contributed by atoms with Crippen molar-refractivity contribution in [1.82, 2.24) is 4.90 Å². The fourth-order valence-electron chi connectivity index (χ4n) is 2.98. The molecule has 25 heavy (non-hydrogen) atoms. The number of esters is 1. The minimum Gasteiger partial charge on any atom is -0.444 e. The summed E-state index contributed by atoms with van der Waals surface area (Å²) < 4.78 is 11.1. The van der Waals surface area contributed by atoms with E-state index < -0.39 is 29.3 Å². The second-order valence-electron chi connectivity index (χ2n) is 7.17. The Labute approximate surface area is 151 Å². The van der Waals surface area contributed by atoms with Gasteiger partial charge in [-0.2, -0.15) is 0 Å². The standard InChI is InChI=1S/C20H29NO4/c1-7-10-14-20(9-3,24-17(22)8-2)16-13-11-12-15-21(16)18(23)25-19(4,5)6/h3,7-8,16H,1-2,10-15H2,4-6H3/t16-,20-/m1/s1. The van der Waals surface area contributed by atoms with E-state index in [9.17, 15) is 9.59 Å². The van der Waals surface area contributed by atoms with Gasteiger partial charge in [0.25, 0.3) is 0 Å². The van der Waals surface area contributed by atoms with E-state index in [4.69, 9.17) is 15.9 Å². The molecule has 0 spiro atoms.